The van der Waals surface area contributed by atoms with Crippen LogP contribution in [0.25, 0.3) is 0 Å². The minimum Gasteiger partial charge on any atom is -0.396 e. The predicted molar refractivity (Wildman–Crippen MR) is 73.9 cm³/mol. The van der Waals surface area contributed by atoms with Crippen LogP contribution in [-0.2, 0) is 0 Å². The van der Waals surface area contributed by atoms with Crippen LogP contribution in [0.1, 0.15) is 60.3 Å². The Balaban J connectivity index is 0. The van der Waals surface area contributed by atoms with E-state index in [9.17, 15) is 0 Å². The van der Waals surface area contributed by atoms with Gasteiger partial charge in [0.15, 0.2) is 0 Å². The molecule has 0 aromatic heterocycles. The van der Waals surface area contributed by atoms with Crippen LogP contribution in [0, 0.1) is 5.92 Å². The Labute approximate surface area is 103 Å². The van der Waals surface area contributed by atoms with E-state index in [0.717, 1.165) is 25.4 Å². The van der Waals surface area contributed by atoms with Crippen molar-refractivity contribution in [2.75, 3.05) is 26.2 Å². The van der Waals surface area contributed by atoms with E-state index < -0.39 is 0 Å². The molecule has 0 aromatic carbocycles. The molecule has 0 fully saturated rings. The van der Waals surface area contributed by atoms with Gasteiger partial charge < -0.3 is 10.0 Å². The third kappa shape index (κ3) is 10.4. The van der Waals surface area contributed by atoms with Crippen LogP contribution in [0.4, 0.5) is 0 Å². The fourth-order valence-corrected chi connectivity index (χ4v) is 1.88. The molecule has 1 N–H and O–H groups in total. The molecular weight excluding hydrogens is 198 g/mol. The normalized spacial score (nSPS) is 12.2. The zero-order valence-corrected chi connectivity index (χ0v) is 12.1. The van der Waals surface area contributed by atoms with Crippen LogP contribution >= 0.6 is 0 Å². The van der Waals surface area contributed by atoms with E-state index in [0.29, 0.717) is 6.61 Å². The van der Waals surface area contributed by atoms with Gasteiger partial charge in [0.2, 0.25) is 0 Å². The fraction of sp³-hybridized carbons (Fsp3) is 1.00. The van der Waals surface area contributed by atoms with E-state index in [1.54, 1.807) is 0 Å². The minimum atomic E-state index is 0.351. The molecule has 0 aliphatic carbocycles. The molecule has 0 aromatic rings. The maximum absolute atomic E-state index is 8.86. The highest BCUT2D eigenvalue weighted by Gasteiger charge is 2.06. The summed E-state index contributed by atoms with van der Waals surface area (Å²) in [4.78, 5) is 2.46. The highest BCUT2D eigenvalue weighted by Crippen LogP contribution is 2.14. The molecule has 1 atom stereocenters. The van der Waals surface area contributed by atoms with Gasteiger partial charge in [-0.2, -0.15) is 0 Å². The summed E-state index contributed by atoms with van der Waals surface area (Å²) in [6.07, 6.45) is 4.74. The Kier molecular flexibility index (Phi) is 17.1. The molecule has 0 rings (SSSR count). The quantitative estimate of drug-likeness (QED) is 0.656. The summed E-state index contributed by atoms with van der Waals surface area (Å²) in [6, 6.07) is 0. The van der Waals surface area contributed by atoms with E-state index in [1.165, 1.54) is 25.8 Å². The van der Waals surface area contributed by atoms with Gasteiger partial charge in [-0.05, 0) is 44.8 Å². The van der Waals surface area contributed by atoms with Crippen LogP contribution in [-0.4, -0.2) is 36.2 Å². The zero-order valence-electron chi connectivity index (χ0n) is 12.1. The number of aliphatic hydroxyl groups excluding tert-OH is 1. The molecule has 2 nitrogen and oxygen atoms in total. The van der Waals surface area contributed by atoms with E-state index >= 15 is 0 Å². The van der Waals surface area contributed by atoms with Gasteiger partial charge in [0, 0.05) is 6.61 Å². The largest absolute Gasteiger partial charge is 0.396 e. The topological polar surface area (TPSA) is 23.5 Å². The molecule has 0 spiro atoms. The van der Waals surface area contributed by atoms with Crippen molar-refractivity contribution in [1.82, 2.24) is 4.90 Å². The maximum atomic E-state index is 8.86. The fourth-order valence-electron chi connectivity index (χ4n) is 1.88. The summed E-state index contributed by atoms with van der Waals surface area (Å²) in [7, 11) is 0. The highest BCUT2D eigenvalue weighted by atomic mass is 16.3. The van der Waals surface area contributed by atoms with E-state index in [-0.39, 0.29) is 0 Å². The summed E-state index contributed by atoms with van der Waals surface area (Å²) in [5.74, 6) is 0.732. The van der Waals surface area contributed by atoms with Crippen LogP contribution in [0.5, 0.6) is 0 Å². The number of nitrogens with zero attached hydrogens (tertiary/aromatic N) is 1. The second kappa shape index (κ2) is 14.9. The van der Waals surface area contributed by atoms with Gasteiger partial charge in [-0.15, -0.1) is 0 Å². The van der Waals surface area contributed by atoms with Gasteiger partial charge in [0.05, 0.1) is 0 Å². The van der Waals surface area contributed by atoms with Crippen molar-refractivity contribution in [2.45, 2.75) is 60.3 Å². The molecule has 2 heteroatoms. The lowest BCUT2D eigenvalue weighted by atomic mass is 9.97. The lowest BCUT2D eigenvalue weighted by Crippen LogP contribution is -2.24. The molecule has 16 heavy (non-hydrogen) atoms. The minimum absolute atomic E-state index is 0.351. The Hall–Kier alpha value is -0.0800. The molecule has 0 radical (unpaired) electrons. The summed E-state index contributed by atoms with van der Waals surface area (Å²) < 4.78 is 0. The van der Waals surface area contributed by atoms with Gasteiger partial charge >= 0.3 is 0 Å². The Morgan fingerprint density at radius 3 is 1.94 bits per heavy atom. The second-order valence-electron chi connectivity index (χ2n) is 3.96. The molecule has 0 amide bonds. The van der Waals surface area contributed by atoms with Crippen molar-refractivity contribution >= 4 is 0 Å². The monoisotopic (exact) mass is 231 g/mol. The van der Waals surface area contributed by atoms with Gasteiger partial charge in [-0.3, -0.25) is 0 Å². The van der Waals surface area contributed by atoms with Gasteiger partial charge in [-0.25, -0.2) is 0 Å². The average molecular weight is 231 g/mol. The molecule has 100 valence electrons. The molecule has 0 saturated carbocycles. The third-order valence-electron chi connectivity index (χ3n) is 3.10. The van der Waals surface area contributed by atoms with Crippen molar-refractivity contribution < 1.29 is 5.11 Å². The Morgan fingerprint density at radius 1 is 1.00 bits per heavy atom. The number of aliphatic hydroxyl groups is 1. The number of hydrogen-bond acceptors (Lipinski definition) is 2. The van der Waals surface area contributed by atoms with Crippen LogP contribution in [0.15, 0.2) is 0 Å². The van der Waals surface area contributed by atoms with E-state index in [4.69, 9.17) is 5.11 Å². The SMILES string of the molecule is CC.CCC(CCO)CCCN(CC)CC. The van der Waals surface area contributed by atoms with Crippen LogP contribution in [0.2, 0.25) is 0 Å². The molecule has 0 aliphatic heterocycles. The zero-order chi connectivity index (χ0) is 12.8. The summed E-state index contributed by atoms with van der Waals surface area (Å²) in [6.45, 7) is 14.5. The van der Waals surface area contributed by atoms with Crippen molar-refractivity contribution in [2.24, 2.45) is 5.92 Å². The second-order valence-corrected chi connectivity index (χ2v) is 3.96. The first-order valence-electron chi connectivity index (χ1n) is 7.11. The number of rotatable bonds is 9. The van der Waals surface area contributed by atoms with Crippen molar-refractivity contribution in [3.63, 3.8) is 0 Å². The molecule has 0 heterocycles. The summed E-state index contributed by atoms with van der Waals surface area (Å²) in [5.41, 5.74) is 0. The van der Waals surface area contributed by atoms with Gasteiger partial charge in [0.25, 0.3) is 0 Å². The summed E-state index contributed by atoms with van der Waals surface area (Å²) in [5, 5.41) is 8.86. The molecule has 0 saturated heterocycles. The van der Waals surface area contributed by atoms with Crippen LogP contribution < -0.4 is 0 Å². The van der Waals surface area contributed by atoms with Gasteiger partial charge in [-0.1, -0.05) is 41.0 Å². The van der Waals surface area contributed by atoms with Crippen molar-refractivity contribution in [3.8, 4) is 0 Å². The van der Waals surface area contributed by atoms with Gasteiger partial charge in [0.1, 0.15) is 0 Å². The first-order chi connectivity index (χ1) is 7.78. The third-order valence-corrected chi connectivity index (χ3v) is 3.10. The van der Waals surface area contributed by atoms with E-state index in [1.807, 2.05) is 13.8 Å². The Morgan fingerprint density at radius 2 is 1.56 bits per heavy atom. The maximum Gasteiger partial charge on any atom is 0.0433 e. The van der Waals surface area contributed by atoms with E-state index in [2.05, 4.69) is 25.7 Å². The first kappa shape index (κ1) is 18.3. The van der Waals surface area contributed by atoms with Crippen molar-refractivity contribution in [3.05, 3.63) is 0 Å². The first-order valence-corrected chi connectivity index (χ1v) is 7.11. The lowest BCUT2D eigenvalue weighted by molar-refractivity contribution is 0.237. The van der Waals surface area contributed by atoms with Crippen LogP contribution in [0.3, 0.4) is 0 Å². The average Bonchev–Trinajstić information content (AvgIpc) is 2.35. The highest BCUT2D eigenvalue weighted by molar-refractivity contribution is 4.59. The predicted octanol–water partition coefficient (Wildman–Crippen LogP) is 3.54. The van der Waals surface area contributed by atoms with Crippen molar-refractivity contribution in [1.29, 1.82) is 0 Å². The Bertz CT molecular complexity index is 113. The molecule has 0 bridgehead atoms. The lowest BCUT2D eigenvalue weighted by Gasteiger charge is -2.19. The molecular formula is C14H33NO. The smallest absolute Gasteiger partial charge is 0.0433 e. The standard InChI is InChI=1S/C12H27NO.C2H6/c1-4-12(9-11-14)8-7-10-13(5-2)6-3;1-2/h12,14H,4-11H2,1-3H3;1-2H3. The molecule has 1 unspecified atom stereocenters. The number of hydrogen-bond donors (Lipinski definition) is 1. The summed E-state index contributed by atoms with van der Waals surface area (Å²) >= 11 is 0. The molecule has 0 aliphatic rings.